The van der Waals surface area contributed by atoms with Crippen molar-refractivity contribution in [2.45, 2.75) is 70.5 Å². The molecule has 0 heterocycles. The summed E-state index contributed by atoms with van der Waals surface area (Å²) in [5.74, 6) is -0.965. The van der Waals surface area contributed by atoms with E-state index in [2.05, 4.69) is 6.92 Å². The molecule has 0 saturated heterocycles. The minimum Gasteiger partial charge on any atom is -0.323 e. The van der Waals surface area contributed by atoms with Crippen molar-refractivity contribution in [2.75, 3.05) is 0 Å². The average molecular weight is 251 g/mol. The Labute approximate surface area is 98.8 Å². The number of hydrogen-bond donors (Lipinski definition) is 3. The normalized spacial score (nSPS) is 14.0. The average Bonchev–Trinajstić information content (AvgIpc) is 2.20. The van der Waals surface area contributed by atoms with Crippen LogP contribution in [-0.2, 0) is 4.57 Å². The molecule has 98 valence electrons. The van der Waals surface area contributed by atoms with Gasteiger partial charge in [-0.1, -0.05) is 58.3 Å². The molecule has 0 aromatic rings. The van der Waals surface area contributed by atoms with E-state index in [0.717, 1.165) is 19.3 Å². The zero-order valence-corrected chi connectivity index (χ0v) is 11.2. The van der Waals surface area contributed by atoms with E-state index in [1.807, 2.05) is 0 Å². The molecule has 0 radical (unpaired) electrons. The molecule has 0 aromatic heterocycles. The van der Waals surface area contributed by atoms with E-state index in [9.17, 15) is 4.57 Å². The van der Waals surface area contributed by atoms with Crippen molar-refractivity contribution in [1.29, 1.82) is 0 Å². The number of unbranched alkanes of at least 4 members (excludes halogenated alkanes) is 7. The second-order valence-electron chi connectivity index (χ2n) is 4.42. The minimum absolute atomic E-state index is 0.430. The van der Waals surface area contributed by atoms with E-state index in [1.54, 1.807) is 0 Å². The van der Waals surface area contributed by atoms with Gasteiger partial charge in [0.05, 0.1) is 0 Å². The van der Waals surface area contributed by atoms with Gasteiger partial charge in [-0.3, -0.25) is 4.57 Å². The molecule has 0 spiro atoms. The molecular formula is C11H26NO3P. The van der Waals surface area contributed by atoms with Crippen molar-refractivity contribution < 1.29 is 14.4 Å². The van der Waals surface area contributed by atoms with Gasteiger partial charge in [0.25, 0.3) is 0 Å². The molecule has 4 nitrogen and oxygen atoms in total. The van der Waals surface area contributed by atoms with Gasteiger partial charge in [0.2, 0.25) is 0 Å². The molecule has 5 heteroatoms. The molecule has 0 aliphatic carbocycles. The monoisotopic (exact) mass is 251 g/mol. The third-order valence-corrected chi connectivity index (χ3v) is 3.91. The van der Waals surface area contributed by atoms with E-state index in [4.69, 9.17) is 15.5 Å². The second-order valence-corrected chi connectivity index (χ2v) is 6.26. The van der Waals surface area contributed by atoms with Gasteiger partial charge >= 0.3 is 7.60 Å². The molecule has 0 aliphatic rings. The van der Waals surface area contributed by atoms with Crippen molar-refractivity contribution in [3.8, 4) is 0 Å². The Kier molecular flexibility index (Phi) is 9.24. The summed E-state index contributed by atoms with van der Waals surface area (Å²) < 4.78 is 10.7. The summed E-state index contributed by atoms with van der Waals surface area (Å²) in [6.45, 7) is 2.20. The van der Waals surface area contributed by atoms with E-state index in [1.165, 1.54) is 32.1 Å². The maximum atomic E-state index is 10.7. The molecule has 16 heavy (non-hydrogen) atoms. The van der Waals surface area contributed by atoms with Crippen molar-refractivity contribution in [3.63, 3.8) is 0 Å². The van der Waals surface area contributed by atoms with Gasteiger partial charge in [0.1, 0.15) is 5.78 Å². The topological polar surface area (TPSA) is 83.6 Å². The summed E-state index contributed by atoms with van der Waals surface area (Å²) in [5.41, 5.74) is 5.37. The van der Waals surface area contributed by atoms with E-state index in [-0.39, 0.29) is 0 Å². The summed E-state index contributed by atoms with van der Waals surface area (Å²) in [6, 6.07) is 0. The highest BCUT2D eigenvalue weighted by Crippen LogP contribution is 2.40. The quantitative estimate of drug-likeness (QED) is 0.411. The van der Waals surface area contributed by atoms with Crippen molar-refractivity contribution in [2.24, 2.45) is 5.73 Å². The lowest BCUT2D eigenvalue weighted by Gasteiger charge is -2.12. The van der Waals surface area contributed by atoms with Crippen LogP contribution in [0, 0.1) is 0 Å². The van der Waals surface area contributed by atoms with Crippen LogP contribution in [0.1, 0.15) is 64.7 Å². The van der Waals surface area contributed by atoms with Gasteiger partial charge in [0.15, 0.2) is 0 Å². The van der Waals surface area contributed by atoms with Gasteiger partial charge in [-0.2, -0.15) is 0 Å². The van der Waals surface area contributed by atoms with Crippen LogP contribution in [0.4, 0.5) is 0 Å². The van der Waals surface area contributed by atoms with Crippen LogP contribution in [0.2, 0.25) is 0 Å². The fourth-order valence-electron chi connectivity index (χ4n) is 1.66. The Bertz CT molecular complexity index is 205. The van der Waals surface area contributed by atoms with Gasteiger partial charge in [0, 0.05) is 0 Å². The standard InChI is InChI=1S/C11H26NO3P/c1-2-3-4-5-6-7-8-9-10-11(12)16(13,14)15/h11H,2-10,12H2,1H3,(H2,13,14,15). The Morgan fingerprint density at radius 2 is 1.44 bits per heavy atom. The molecule has 0 rings (SSSR count). The molecule has 0 bridgehead atoms. The molecule has 1 unspecified atom stereocenters. The van der Waals surface area contributed by atoms with Crippen LogP contribution in [0.3, 0.4) is 0 Å². The summed E-state index contributed by atoms with van der Waals surface area (Å²) in [4.78, 5) is 17.5. The molecule has 0 aromatic carbocycles. The smallest absolute Gasteiger partial charge is 0.323 e. The Hall–Kier alpha value is 0.110. The molecule has 0 aliphatic heterocycles. The van der Waals surface area contributed by atoms with Gasteiger partial charge in [-0.05, 0) is 6.42 Å². The first-order valence-electron chi connectivity index (χ1n) is 6.29. The molecule has 0 saturated carbocycles. The van der Waals surface area contributed by atoms with Crippen molar-refractivity contribution in [1.82, 2.24) is 0 Å². The lowest BCUT2D eigenvalue weighted by Crippen LogP contribution is -2.19. The summed E-state index contributed by atoms with van der Waals surface area (Å²) in [6.07, 6.45) is 9.80. The summed E-state index contributed by atoms with van der Waals surface area (Å²) in [7, 11) is -4.05. The van der Waals surface area contributed by atoms with Crippen LogP contribution in [0.5, 0.6) is 0 Å². The lowest BCUT2D eigenvalue weighted by molar-refractivity contribution is 0.353. The van der Waals surface area contributed by atoms with E-state index in [0.29, 0.717) is 6.42 Å². The molecule has 0 amide bonds. The Morgan fingerprint density at radius 3 is 1.88 bits per heavy atom. The van der Waals surface area contributed by atoms with Crippen LogP contribution < -0.4 is 5.73 Å². The Balaban J connectivity index is 3.24. The third-order valence-electron chi connectivity index (χ3n) is 2.79. The van der Waals surface area contributed by atoms with Gasteiger partial charge in [-0.25, -0.2) is 0 Å². The Morgan fingerprint density at radius 1 is 1.00 bits per heavy atom. The fourth-order valence-corrected chi connectivity index (χ4v) is 2.17. The maximum Gasteiger partial charge on any atom is 0.342 e. The molecular weight excluding hydrogens is 225 g/mol. The molecule has 0 fully saturated rings. The zero-order valence-electron chi connectivity index (χ0n) is 10.3. The van der Waals surface area contributed by atoms with E-state index < -0.39 is 13.4 Å². The summed E-state index contributed by atoms with van der Waals surface area (Å²) in [5, 5.41) is 0. The molecule has 4 N–H and O–H groups in total. The SMILES string of the molecule is CCCCCCCCCCC(N)P(=O)(O)O. The van der Waals surface area contributed by atoms with Gasteiger partial charge in [-0.15, -0.1) is 0 Å². The van der Waals surface area contributed by atoms with Crippen LogP contribution >= 0.6 is 7.60 Å². The highest BCUT2D eigenvalue weighted by Gasteiger charge is 2.23. The zero-order chi connectivity index (χ0) is 12.4. The number of rotatable bonds is 10. The maximum absolute atomic E-state index is 10.7. The van der Waals surface area contributed by atoms with Crippen LogP contribution in [-0.4, -0.2) is 15.6 Å². The van der Waals surface area contributed by atoms with Crippen LogP contribution in [0.25, 0.3) is 0 Å². The predicted octanol–water partition coefficient (Wildman–Crippen LogP) is 2.98. The summed E-state index contributed by atoms with van der Waals surface area (Å²) >= 11 is 0. The highest BCUT2D eigenvalue weighted by atomic mass is 31.2. The minimum atomic E-state index is -4.05. The highest BCUT2D eigenvalue weighted by molar-refractivity contribution is 7.52. The first-order valence-corrected chi connectivity index (χ1v) is 7.97. The first kappa shape index (κ1) is 16.1. The van der Waals surface area contributed by atoms with Crippen LogP contribution in [0.15, 0.2) is 0 Å². The van der Waals surface area contributed by atoms with E-state index >= 15 is 0 Å². The lowest BCUT2D eigenvalue weighted by atomic mass is 10.1. The fraction of sp³-hybridized carbons (Fsp3) is 1.00. The molecule has 1 atom stereocenters. The second kappa shape index (κ2) is 9.17. The number of hydrogen-bond acceptors (Lipinski definition) is 2. The van der Waals surface area contributed by atoms with Crippen molar-refractivity contribution >= 4 is 7.60 Å². The van der Waals surface area contributed by atoms with Gasteiger partial charge < -0.3 is 15.5 Å². The number of nitrogens with two attached hydrogens (primary N) is 1. The van der Waals surface area contributed by atoms with Crippen molar-refractivity contribution in [3.05, 3.63) is 0 Å². The predicted molar refractivity (Wildman–Crippen MR) is 67.2 cm³/mol. The first-order chi connectivity index (χ1) is 7.48. The largest absolute Gasteiger partial charge is 0.342 e. The third kappa shape index (κ3) is 9.34.